The molecule has 18 heavy (non-hydrogen) atoms. The van der Waals surface area contributed by atoms with Crippen molar-refractivity contribution in [3.63, 3.8) is 0 Å². The van der Waals surface area contributed by atoms with Crippen molar-refractivity contribution in [3.05, 3.63) is 33.8 Å². The topological polar surface area (TPSA) is 39.1 Å². The van der Waals surface area contributed by atoms with E-state index in [2.05, 4.69) is 57.3 Å². The van der Waals surface area contributed by atoms with E-state index in [1.807, 2.05) is 0 Å². The molecular weight excluding hydrogens is 290 g/mol. The van der Waals surface area contributed by atoms with Gasteiger partial charge in [0.1, 0.15) is 6.04 Å². The first-order valence-corrected chi connectivity index (χ1v) is 7.12. The minimum Gasteiger partial charge on any atom is -0.315 e. The maximum Gasteiger partial charge on any atom is 0.124 e. The molecule has 96 valence electrons. The number of nitrogens with one attached hydrogen (secondary N) is 1. The van der Waals surface area contributed by atoms with Crippen molar-refractivity contribution in [2.75, 3.05) is 26.2 Å². The van der Waals surface area contributed by atoms with Gasteiger partial charge in [0.25, 0.3) is 0 Å². The van der Waals surface area contributed by atoms with Crippen molar-refractivity contribution in [1.29, 1.82) is 5.26 Å². The molecule has 0 bridgehead atoms. The Morgan fingerprint density at radius 3 is 2.94 bits per heavy atom. The summed E-state index contributed by atoms with van der Waals surface area (Å²) in [6.07, 6.45) is 1.10. The van der Waals surface area contributed by atoms with E-state index in [0.717, 1.165) is 42.6 Å². The number of hydrogen-bond donors (Lipinski definition) is 1. The van der Waals surface area contributed by atoms with Gasteiger partial charge in [-0.15, -0.1) is 0 Å². The van der Waals surface area contributed by atoms with Crippen LogP contribution in [0.4, 0.5) is 0 Å². The molecule has 1 N–H and O–H groups in total. The molecule has 1 aliphatic heterocycles. The predicted molar refractivity (Wildman–Crippen MR) is 76.3 cm³/mol. The second-order valence-electron chi connectivity index (χ2n) is 4.70. The second-order valence-corrected chi connectivity index (χ2v) is 5.55. The number of rotatable bonds is 2. The monoisotopic (exact) mass is 307 g/mol. The zero-order valence-corrected chi connectivity index (χ0v) is 12.2. The lowest BCUT2D eigenvalue weighted by molar-refractivity contribution is 0.252. The molecular formula is C14H18BrN3. The van der Waals surface area contributed by atoms with Gasteiger partial charge in [-0.2, -0.15) is 5.26 Å². The van der Waals surface area contributed by atoms with Gasteiger partial charge >= 0.3 is 0 Å². The van der Waals surface area contributed by atoms with Crippen LogP contribution in [0.2, 0.25) is 0 Å². The summed E-state index contributed by atoms with van der Waals surface area (Å²) < 4.78 is 1.03. The van der Waals surface area contributed by atoms with Crippen molar-refractivity contribution in [2.45, 2.75) is 19.4 Å². The van der Waals surface area contributed by atoms with E-state index in [0.29, 0.717) is 0 Å². The number of halogens is 1. The third-order valence-corrected chi connectivity index (χ3v) is 4.00. The van der Waals surface area contributed by atoms with Crippen LogP contribution < -0.4 is 5.32 Å². The van der Waals surface area contributed by atoms with Gasteiger partial charge in [0.05, 0.1) is 6.07 Å². The van der Waals surface area contributed by atoms with Crippen LogP contribution in [0, 0.1) is 18.3 Å². The number of nitrogens with zero attached hydrogens (tertiary/aromatic N) is 2. The Bertz CT molecular complexity index is 445. The zero-order chi connectivity index (χ0) is 13.0. The number of aryl methyl sites for hydroxylation is 1. The first kappa shape index (κ1) is 13.5. The molecule has 1 aromatic rings. The van der Waals surface area contributed by atoms with E-state index in [4.69, 9.17) is 0 Å². The fourth-order valence-electron chi connectivity index (χ4n) is 2.33. The van der Waals surface area contributed by atoms with Gasteiger partial charge < -0.3 is 5.32 Å². The van der Waals surface area contributed by atoms with Crippen LogP contribution in [-0.2, 0) is 0 Å². The van der Waals surface area contributed by atoms with Gasteiger partial charge in [0.15, 0.2) is 0 Å². The molecule has 0 aromatic heterocycles. The molecule has 1 unspecified atom stereocenters. The summed E-state index contributed by atoms with van der Waals surface area (Å²) in [6, 6.07) is 8.50. The Morgan fingerprint density at radius 1 is 1.39 bits per heavy atom. The minimum atomic E-state index is -0.153. The zero-order valence-electron chi connectivity index (χ0n) is 10.6. The maximum absolute atomic E-state index is 9.48. The van der Waals surface area contributed by atoms with Crippen molar-refractivity contribution >= 4 is 15.9 Å². The Balaban J connectivity index is 2.24. The molecule has 1 atom stereocenters. The van der Waals surface area contributed by atoms with Crippen LogP contribution in [0.25, 0.3) is 0 Å². The quantitative estimate of drug-likeness (QED) is 0.913. The summed E-state index contributed by atoms with van der Waals surface area (Å²) in [6.45, 7) is 5.97. The van der Waals surface area contributed by atoms with E-state index >= 15 is 0 Å². The highest BCUT2D eigenvalue weighted by molar-refractivity contribution is 9.10. The van der Waals surface area contributed by atoms with Crippen LogP contribution in [0.15, 0.2) is 22.7 Å². The molecule has 1 saturated heterocycles. The molecule has 0 amide bonds. The van der Waals surface area contributed by atoms with Gasteiger partial charge in [-0.1, -0.05) is 28.1 Å². The van der Waals surface area contributed by atoms with Crippen molar-refractivity contribution < 1.29 is 0 Å². The molecule has 0 aliphatic carbocycles. The molecule has 1 heterocycles. The Kier molecular flexibility index (Phi) is 4.76. The van der Waals surface area contributed by atoms with E-state index in [-0.39, 0.29) is 6.04 Å². The van der Waals surface area contributed by atoms with Gasteiger partial charge in [-0.3, -0.25) is 4.90 Å². The molecule has 0 saturated carbocycles. The lowest BCUT2D eigenvalue weighted by Gasteiger charge is -2.26. The van der Waals surface area contributed by atoms with Crippen LogP contribution >= 0.6 is 15.9 Å². The van der Waals surface area contributed by atoms with E-state index in [1.54, 1.807) is 0 Å². The average molecular weight is 308 g/mol. The summed E-state index contributed by atoms with van der Waals surface area (Å²) in [5.41, 5.74) is 2.28. The predicted octanol–water partition coefficient (Wildman–Crippen LogP) is 2.62. The van der Waals surface area contributed by atoms with Gasteiger partial charge in [-0.05, 0) is 37.1 Å². The molecule has 0 spiro atoms. The van der Waals surface area contributed by atoms with E-state index in [1.165, 1.54) is 5.56 Å². The van der Waals surface area contributed by atoms with Gasteiger partial charge in [-0.25, -0.2) is 0 Å². The fraction of sp³-hybridized carbons (Fsp3) is 0.500. The van der Waals surface area contributed by atoms with Crippen LogP contribution in [0.1, 0.15) is 23.6 Å². The smallest absolute Gasteiger partial charge is 0.124 e. The van der Waals surface area contributed by atoms with Gasteiger partial charge in [0, 0.05) is 24.1 Å². The first-order chi connectivity index (χ1) is 8.72. The Hall–Kier alpha value is -0.890. The normalized spacial score (nSPS) is 18.9. The SMILES string of the molecule is Cc1ccc(C(C#N)N2CCCNCC2)c(Br)c1. The average Bonchev–Trinajstić information content (AvgIpc) is 2.62. The molecule has 3 nitrogen and oxygen atoms in total. The minimum absolute atomic E-state index is 0.153. The Morgan fingerprint density at radius 2 is 2.22 bits per heavy atom. The number of nitriles is 1. The molecule has 1 aromatic carbocycles. The highest BCUT2D eigenvalue weighted by Crippen LogP contribution is 2.28. The van der Waals surface area contributed by atoms with E-state index in [9.17, 15) is 5.26 Å². The summed E-state index contributed by atoms with van der Waals surface area (Å²) in [4.78, 5) is 2.26. The van der Waals surface area contributed by atoms with Crippen molar-refractivity contribution in [2.24, 2.45) is 0 Å². The number of benzene rings is 1. The highest BCUT2D eigenvalue weighted by atomic mass is 79.9. The first-order valence-electron chi connectivity index (χ1n) is 6.33. The standard InChI is InChI=1S/C14H18BrN3/c1-11-3-4-12(13(15)9-11)14(10-16)18-7-2-5-17-6-8-18/h3-4,9,14,17H,2,5-8H2,1H3. The molecule has 2 rings (SSSR count). The second kappa shape index (κ2) is 6.33. The lowest BCUT2D eigenvalue weighted by atomic mass is 10.0. The lowest BCUT2D eigenvalue weighted by Crippen LogP contribution is -2.31. The van der Waals surface area contributed by atoms with Crippen molar-refractivity contribution in [1.82, 2.24) is 10.2 Å². The molecule has 4 heteroatoms. The maximum atomic E-state index is 9.48. The van der Waals surface area contributed by atoms with Crippen LogP contribution in [0.5, 0.6) is 0 Å². The fourth-order valence-corrected chi connectivity index (χ4v) is 3.04. The molecule has 1 fully saturated rings. The summed E-state index contributed by atoms with van der Waals surface area (Å²) in [5.74, 6) is 0. The third kappa shape index (κ3) is 3.11. The van der Waals surface area contributed by atoms with Crippen LogP contribution in [-0.4, -0.2) is 31.1 Å². The summed E-state index contributed by atoms with van der Waals surface area (Å²) in [5, 5.41) is 12.9. The summed E-state index contributed by atoms with van der Waals surface area (Å²) >= 11 is 3.58. The van der Waals surface area contributed by atoms with Crippen molar-refractivity contribution in [3.8, 4) is 6.07 Å². The number of hydrogen-bond acceptors (Lipinski definition) is 3. The summed E-state index contributed by atoms with van der Waals surface area (Å²) in [7, 11) is 0. The largest absolute Gasteiger partial charge is 0.315 e. The van der Waals surface area contributed by atoms with Gasteiger partial charge in [0.2, 0.25) is 0 Å². The van der Waals surface area contributed by atoms with E-state index < -0.39 is 0 Å². The third-order valence-electron chi connectivity index (χ3n) is 3.31. The highest BCUT2D eigenvalue weighted by Gasteiger charge is 2.22. The van der Waals surface area contributed by atoms with Crippen LogP contribution in [0.3, 0.4) is 0 Å². The molecule has 0 radical (unpaired) electrons. The Labute approximate surface area is 117 Å². The molecule has 1 aliphatic rings.